The van der Waals surface area contributed by atoms with Gasteiger partial charge in [0.05, 0.1) is 7.11 Å². The highest BCUT2D eigenvalue weighted by atomic mass is 35.5. The molecular weight excluding hydrogens is 354 g/mol. The first-order valence-corrected chi connectivity index (χ1v) is 8.88. The van der Waals surface area contributed by atoms with Crippen LogP contribution >= 0.6 is 12.4 Å². The number of hydrogen-bond donors (Lipinski definition) is 3. The number of methoxy groups -OCH3 is 1. The third-order valence-corrected chi connectivity index (χ3v) is 4.86. The Morgan fingerprint density at radius 2 is 2.00 bits per heavy atom. The van der Waals surface area contributed by atoms with Crippen LogP contribution in [-0.4, -0.2) is 39.6 Å². The topological polar surface area (TPSA) is 111 Å². The minimum absolute atomic E-state index is 0. The molecule has 1 aromatic rings. The average molecular weight is 378 g/mol. The molecule has 7 nitrogen and oxygen atoms in total. The lowest BCUT2D eigenvalue weighted by atomic mass is 10.1. The van der Waals surface area contributed by atoms with Gasteiger partial charge in [0.15, 0.2) is 0 Å². The van der Waals surface area contributed by atoms with Gasteiger partial charge in [0, 0.05) is 23.7 Å². The molecule has 0 unspecified atom stereocenters. The quantitative estimate of drug-likeness (QED) is 0.657. The van der Waals surface area contributed by atoms with Crippen LogP contribution in [0.3, 0.4) is 0 Å². The zero-order valence-electron chi connectivity index (χ0n) is 14.0. The largest absolute Gasteiger partial charge is 0.495 e. The van der Waals surface area contributed by atoms with Gasteiger partial charge in [-0.05, 0) is 44.9 Å². The lowest BCUT2D eigenvalue weighted by molar-refractivity contribution is 0.0946. The predicted molar refractivity (Wildman–Crippen MR) is 94.2 cm³/mol. The lowest BCUT2D eigenvalue weighted by Gasteiger charge is -2.19. The van der Waals surface area contributed by atoms with Crippen LogP contribution in [0.4, 0.5) is 0 Å². The monoisotopic (exact) mass is 377 g/mol. The molecular formula is C15H24ClN3O4S. The van der Waals surface area contributed by atoms with E-state index >= 15 is 0 Å². The predicted octanol–water partition coefficient (Wildman–Crippen LogP) is 1.02. The lowest BCUT2D eigenvalue weighted by Crippen LogP contribution is -2.45. The molecule has 1 amide bonds. The fourth-order valence-corrected chi connectivity index (χ4v) is 3.42. The minimum Gasteiger partial charge on any atom is -0.495 e. The molecule has 0 radical (unpaired) electrons. The third kappa shape index (κ3) is 5.62. The summed E-state index contributed by atoms with van der Waals surface area (Å²) in [7, 11) is -2.33. The Morgan fingerprint density at radius 1 is 1.38 bits per heavy atom. The first-order chi connectivity index (χ1) is 10.6. The molecule has 1 saturated carbocycles. The van der Waals surface area contributed by atoms with E-state index in [1.165, 1.54) is 25.3 Å². The number of carbonyl (C=O) groups is 1. The summed E-state index contributed by atoms with van der Waals surface area (Å²) in [6.45, 7) is 3.85. The van der Waals surface area contributed by atoms with Crippen molar-refractivity contribution >= 4 is 28.3 Å². The summed E-state index contributed by atoms with van der Waals surface area (Å²) in [5.74, 6) is -0.178. The highest BCUT2D eigenvalue weighted by molar-refractivity contribution is 7.89. The number of amides is 1. The van der Waals surface area contributed by atoms with Gasteiger partial charge in [-0.1, -0.05) is 0 Å². The summed E-state index contributed by atoms with van der Waals surface area (Å²) in [5.41, 5.74) is 5.52. The standard InChI is InChI=1S/C15H23N3O4S.ClH/c1-15(2,16)9-17-14(19)10-4-7-12(22-3)13(8-10)23(20,21)18-11-5-6-11;/h4,7-8,11,18H,5-6,9,16H2,1-3H3,(H,17,19);1H. The van der Waals surface area contributed by atoms with Crippen molar-refractivity contribution in [2.75, 3.05) is 13.7 Å². The number of sulfonamides is 1. The zero-order chi connectivity index (χ0) is 17.3. The number of nitrogens with one attached hydrogen (secondary N) is 2. The van der Waals surface area contributed by atoms with Gasteiger partial charge in [0.1, 0.15) is 10.6 Å². The Morgan fingerprint density at radius 3 is 2.50 bits per heavy atom. The Bertz CT molecular complexity index is 697. The molecule has 0 spiro atoms. The Kier molecular flexibility index (Phi) is 6.63. The van der Waals surface area contributed by atoms with Crippen molar-refractivity contribution in [2.24, 2.45) is 5.73 Å². The van der Waals surface area contributed by atoms with Gasteiger partial charge in [-0.25, -0.2) is 13.1 Å². The Hall–Kier alpha value is -1.35. The Labute approximate surface area is 148 Å². The van der Waals surface area contributed by atoms with Crippen molar-refractivity contribution in [3.63, 3.8) is 0 Å². The number of carbonyl (C=O) groups excluding carboxylic acids is 1. The molecule has 1 aliphatic carbocycles. The molecule has 1 aromatic carbocycles. The fraction of sp³-hybridized carbons (Fsp3) is 0.533. The summed E-state index contributed by atoms with van der Waals surface area (Å²) in [5, 5.41) is 2.69. The molecule has 2 rings (SSSR count). The van der Waals surface area contributed by atoms with Crippen molar-refractivity contribution in [3.05, 3.63) is 23.8 Å². The van der Waals surface area contributed by atoms with Crippen molar-refractivity contribution in [3.8, 4) is 5.75 Å². The Balaban J connectivity index is 0.00000288. The van der Waals surface area contributed by atoms with Crippen LogP contribution in [-0.2, 0) is 10.0 Å². The van der Waals surface area contributed by atoms with Gasteiger partial charge < -0.3 is 15.8 Å². The van der Waals surface area contributed by atoms with E-state index < -0.39 is 15.6 Å². The van der Waals surface area contributed by atoms with Crippen LogP contribution in [0.2, 0.25) is 0 Å². The highest BCUT2D eigenvalue weighted by Crippen LogP contribution is 2.28. The minimum atomic E-state index is -3.72. The first kappa shape index (κ1) is 20.7. The number of nitrogens with two attached hydrogens (primary N) is 1. The van der Waals surface area contributed by atoms with Crippen LogP contribution < -0.4 is 20.5 Å². The van der Waals surface area contributed by atoms with Crippen molar-refractivity contribution < 1.29 is 17.9 Å². The molecule has 9 heteroatoms. The average Bonchev–Trinajstić information content (AvgIpc) is 3.26. The molecule has 1 fully saturated rings. The smallest absolute Gasteiger partial charge is 0.251 e. The molecule has 4 N–H and O–H groups in total. The van der Waals surface area contributed by atoms with Crippen LogP contribution in [0.25, 0.3) is 0 Å². The SMILES string of the molecule is COc1ccc(C(=O)NCC(C)(C)N)cc1S(=O)(=O)NC1CC1.Cl. The normalized spacial score (nSPS) is 14.7. The summed E-state index contributed by atoms with van der Waals surface area (Å²) >= 11 is 0. The van der Waals surface area contributed by atoms with Gasteiger partial charge in [0.2, 0.25) is 10.0 Å². The molecule has 0 atom stereocenters. The maximum Gasteiger partial charge on any atom is 0.251 e. The third-order valence-electron chi connectivity index (χ3n) is 3.32. The van der Waals surface area contributed by atoms with Gasteiger partial charge in [0.25, 0.3) is 5.91 Å². The van der Waals surface area contributed by atoms with Gasteiger partial charge in [-0.2, -0.15) is 0 Å². The number of halogens is 1. The maximum atomic E-state index is 12.4. The molecule has 0 aliphatic heterocycles. The van der Waals surface area contributed by atoms with Crippen molar-refractivity contribution in [1.82, 2.24) is 10.0 Å². The number of benzene rings is 1. The van der Waals surface area contributed by atoms with Gasteiger partial charge >= 0.3 is 0 Å². The van der Waals surface area contributed by atoms with E-state index in [1.54, 1.807) is 13.8 Å². The summed E-state index contributed by atoms with van der Waals surface area (Å²) in [6, 6.07) is 4.29. The van der Waals surface area contributed by atoms with E-state index in [2.05, 4.69) is 10.0 Å². The van der Waals surface area contributed by atoms with E-state index in [9.17, 15) is 13.2 Å². The van der Waals surface area contributed by atoms with Crippen LogP contribution in [0.5, 0.6) is 5.75 Å². The van der Waals surface area contributed by atoms with E-state index in [0.29, 0.717) is 0 Å². The van der Waals surface area contributed by atoms with Crippen LogP contribution in [0.1, 0.15) is 37.0 Å². The van der Waals surface area contributed by atoms with Gasteiger partial charge in [-0.15, -0.1) is 12.4 Å². The second-order valence-corrected chi connectivity index (χ2v) is 8.11. The number of hydrogen-bond acceptors (Lipinski definition) is 5. The molecule has 0 aromatic heterocycles. The summed E-state index contributed by atoms with van der Waals surface area (Å²) in [4.78, 5) is 12.1. The van der Waals surface area contributed by atoms with E-state index in [4.69, 9.17) is 10.5 Å². The molecule has 136 valence electrons. The second-order valence-electron chi connectivity index (χ2n) is 6.43. The summed E-state index contributed by atoms with van der Waals surface area (Å²) in [6.07, 6.45) is 1.65. The van der Waals surface area contributed by atoms with Crippen LogP contribution in [0, 0.1) is 0 Å². The van der Waals surface area contributed by atoms with Crippen molar-refractivity contribution in [1.29, 1.82) is 0 Å². The zero-order valence-corrected chi connectivity index (χ0v) is 15.6. The van der Waals surface area contributed by atoms with E-state index in [0.717, 1.165) is 12.8 Å². The fourth-order valence-electron chi connectivity index (χ4n) is 1.92. The number of ether oxygens (including phenoxy) is 1. The van der Waals surface area contributed by atoms with Crippen molar-refractivity contribution in [2.45, 2.75) is 43.2 Å². The highest BCUT2D eigenvalue weighted by Gasteiger charge is 2.30. The second kappa shape index (κ2) is 7.69. The maximum absolute atomic E-state index is 12.4. The number of rotatable bonds is 7. The van der Waals surface area contributed by atoms with Gasteiger partial charge in [-0.3, -0.25) is 4.79 Å². The van der Waals surface area contributed by atoms with Crippen LogP contribution in [0.15, 0.2) is 23.1 Å². The molecule has 0 heterocycles. The molecule has 24 heavy (non-hydrogen) atoms. The molecule has 0 bridgehead atoms. The first-order valence-electron chi connectivity index (χ1n) is 7.40. The summed E-state index contributed by atoms with van der Waals surface area (Å²) < 4.78 is 32.5. The van der Waals surface area contributed by atoms with E-state index in [-0.39, 0.29) is 47.1 Å². The molecule has 1 aliphatic rings. The van der Waals surface area contributed by atoms with E-state index in [1.807, 2.05) is 0 Å². The molecule has 0 saturated heterocycles.